The van der Waals surface area contributed by atoms with Gasteiger partial charge < -0.3 is 9.47 Å². The van der Waals surface area contributed by atoms with Gasteiger partial charge in [-0.1, -0.05) is 11.6 Å². The fourth-order valence-electron chi connectivity index (χ4n) is 1.09. The van der Waals surface area contributed by atoms with E-state index in [9.17, 15) is 0 Å². The monoisotopic (exact) mass is 175 g/mol. The van der Waals surface area contributed by atoms with E-state index in [1.807, 2.05) is 6.07 Å². The van der Waals surface area contributed by atoms with Crippen LogP contribution in [0, 0.1) is 11.3 Å². The quantitative estimate of drug-likeness (QED) is 0.557. The number of halogens is 1. The molecule has 0 aromatic carbocycles. The van der Waals surface area contributed by atoms with Crippen LogP contribution in [0.15, 0.2) is 0 Å². The zero-order chi connectivity index (χ0) is 8.32. The van der Waals surface area contributed by atoms with E-state index in [-0.39, 0.29) is 6.10 Å². The van der Waals surface area contributed by atoms with Crippen LogP contribution in [0.4, 0.5) is 0 Å². The molecule has 2 atom stereocenters. The maximum absolute atomic E-state index is 8.73. The molecular formula is C7H10ClNO2. The van der Waals surface area contributed by atoms with E-state index in [2.05, 4.69) is 0 Å². The van der Waals surface area contributed by atoms with Crippen molar-refractivity contribution < 1.29 is 9.47 Å². The molecule has 1 heterocycles. The molecule has 0 saturated carbocycles. The Hall–Kier alpha value is -0.300. The fourth-order valence-corrected chi connectivity index (χ4v) is 1.32. The summed E-state index contributed by atoms with van der Waals surface area (Å²) in [6, 6.07) is 2.04. The van der Waals surface area contributed by atoms with Crippen molar-refractivity contribution in [2.45, 2.75) is 17.4 Å². The second kappa shape index (κ2) is 3.40. The lowest BCUT2D eigenvalue weighted by molar-refractivity contribution is -0.0413. The summed E-state index contributed by atoms with van der Waals surface area (Å²) in [4.78, 5) is -0.882. The number of ether oxygens (including phenoxy) is 2. The first-order valence-corrected chi connectivity index (χ1v) is 3.81. The van der Waals surface area contributed by atoms with E-state index >= 15 is 0 Å². The number of alkyl halides is 1. The molecule has 1 aliphatic rings. The van der Waals surface area contributed by atoms with Crippen LogP contribution in [0.5, 0.6) is 0 Å². The first-order chi connectivity index (χ1) is 5.23. The summed E-state index contributed by atoms with van der Waals surface area (Å²) < 4.78 is 10.1. The molecule has 0 aromatic rings. The lowest BCUT2D eigenvalue weighted by Crippen LogP contribution is -2.45. The van der Waals surface area contributed by atoms with E-state index < -0.39 is 4.87 Å². The third-order valence-corrected chi connectivity index (χ3v) is 2.38. The largest absolute Gasteiger partial charge is 0.379 e. The average Bonchev–Trinajstić information content (AvgIpc) is 2.05. The predicted octanol–water partition coefficient (Wildman–Crippen LogP) is 0.923. The summed E-state index contributed by atoms with van der Waals surface area (Å²) in [6.07, 6.45) is 0.228. The summed E-state index contributed by atoms with van der Waals surface area (Å²) in [5.74, 6) is 0. The Labute approximate surface area is 70.8 Å². The molecule has 0 N–H and O–H groups in total. The highest BCUT2D eigenvalue weighted by Crippen LogP contribution is 2.29. The van der Waals surface area contributed by atoms with Gasteiger partial charge >= 0.3 is 0 Å². The van der Waals surface area contributed by atoms with Crippen LogP contribution in [0.1, 0.15) is 6.42 Å². The lowest BCUT2D eigenvalue weighted by Gasteiger charge is -2.32. The van der Waals surface area contributed by atoms with Crippen molar-refractivity contribution in [1.29, 1.82) is 5.26 Å². The summed E-state index contributed by atoms with van der Waals surface area (Å²) >= 11 is 5.96. The smallest absolute Gasteiger partial charge is 0.161 e. The van der Waals surface area contributed by atoms with Crippen molar-refractivity contribution in [3.8, 4) is 6.07 Å². The molecule has 1 saturated heterocycles. The van der Waals surface area contributed by atoms with Gasteiger partial charge in [0.2, 0.25) is 0 Å². The van der Waals surface area contributed by atoms with Crippen molar-refractivity contribution >= 4 is 11.6 Å². The van der Waals surface area contributed by atoms with Gasteiger partial charge in [-0.3, -0.25) is 0 Å². The van der Waals surface area contributed by atoms with Gasteiger partial charge in [-0.25, -0.2) is 0 Å². The van der Waals surface area contributed by atoms with Crippen LogP contribution in [-0.2, 0) is 9.47 Å². The van der Waals surface area contributed by atoms with Crippen LogP contribution < -0.4 is 0 Å². The Morgan fingerprint density at radius 2 is 2.55 bits per heavy atom. The minimum atomic E-state index is -0.882. The van der Waals surface area contributed by atoms with Crippen molar-refractivity contribution in [2.75, 3.05) is 20.3 Å². The van der Waals surface area contributed by atoms with E-state index in [0.29, 0.717) is 19.6 Å². The van der Waals surface area contributed by atoms with Crippen molar-refractivity contribution in [3.05, 3.63) is 0 Å². The molecular weight excluding hydrogens is 166 g/mol. The van der Waals surface area contributed by atoms with Crippen LogP contribution in [0.25, 0.3) is 0 Å². The number of methoxy groups -OCH3 is 1. The molecule has 11 heavy (non-hydrogen) atoms. The third-order valence-electron chi connectivity index (χ3n) is 1.86. The maximum atomic E-state index is 8.73. The van der Waals surface area contributed by atoms with Crippen molar-refractivity contribution in [2.24, 2.45) is 0 Å². The van der Waals surface area contributed by atoms with Gasteiger partial charge in [0.25, 0.3) is 0 Å². The highest BCUT2D eigenvalue weighted by molar-refractivity contribution is 6.26. The van der Waals surface area contributed by atoms with Gasteiger partial charge in [0.1, 0.15) is 6.10 Å². The van der Waals surface area contributed by atoms with E-state index in [1.54, 1.807) is 0 Å². The number of hydrogen-bond acceptors (Lipinski definition) is 3. The van der Waals surface area contributed by atoms with Crippen molar-refractivity contribution in [3.63, 3.8) is 0 Å². The second-order valence-electron chi connectivity index (χ2n) is 2.52. The highest BCUT2D eigenvalue weighted by Gasteiger charge is 2.40. The summed E-state index contributed by atoms with van der Waals surface area (Å²) in [6.45, 7) is 0.949. The van der Waals surface area contributed by atoms with Gasteiger partial charge in [0.15, 0.2) is 4.87 Å². The van der Waals surface area contributed by atoms with Crippen LogP contribution in [0.2, 0.25) is 0 Å². The molecule has 0 amide bonds. The van der Waals surface area contributed by atoms with Gasteiger partial charge in [-0.2, -0.15) is 5.26 Å². The molecule has 1 aliphatic heterocycles. The zero-order valence-electron chi connectivity index (χ0n) is 6.34. The Bertz CT molecular complexity index is 180. The molecule has 1 rings (SSSR count). The topological polar surface area (TPSA) is 42.2 Å². The SMILES string of the molecule is COC1COCCC1(Cl)C#N. The highest BCUT2D eigenvalue weighted by atomic mass is 35.5. The van der Waals surface area contributed by atoms with Crippen LogP contribution in [0.3, 0.4) is 0 Å². The number of hydrogen-bond donors (Lipinski definition) is 0. The minimum Gasteiger partial charge on any atom is -0.379 e. The molecule has 62 valence electrons. The Balaban J connectivity index is 2.67. The van der Waals surface area contributed by atoms with Crippen molar-refractivity contribution in [1.82, 2.24) is 0 Å². The molecule has 0 aliphatic carbocycles. The Kier molecular flexibility index (Phi) is 2.72. The second-order valence-corrected chi connectivity index (χ2v) is 3.20. The Morgan fingerprint density at radius 3 is 3.00 bits per heavy atom. The molecule has 4 heteroatoms. The Morgan fingerprint density at radius 1 is 1.82 bits per heavy atom. The fraction of sp³-hybridized carbons (Fsp3) is 0.857. The van der Waals surface area contributed by atoms with Gasteiger partial charge in [0, 0.05) is 20.1 Å². The normalized spacial score (nSPS) is 38.1. The molecule has 0 radical (unpaired) electrons. The van der Waals surface area contributed by atoms with Gasteiger partial charge in [0.05, 0.1) is 12.7 Å². The molecule has 0 aromatic heterocycles. The number of nitrogens with zero attached hydrogens (tertiary/aromatic N) is 1. The third kappa shape index (κ3) is 1.64. The molecule has 3 nitrogen and oxygen atoms in total. The standard InChI is InChI=1S/C7H10ClNO2/c1-10-6-4-11-3-2-7(6,8)5-9/h6H,2-4H2,1H3. The first kappa shape index (κ1) is 8.79. The van der Waals surface area contributed by atoms with E-state index in [0.717, 1.165) is 0 Å². The summed E-state index contributed by atoms with van der Waals surface area (Å²) in [7, 11) is 1.54. The van der Waals surface area contributed by atoms with Gasteiger partial charge in [-0.05, 0) is 0 Å². The number of nitriles is 1. The first-order valence-electron chi connectivity index (χ1n) is 3.43. The average molecular weight is 176 g/mol. The number of rotatable bonds is 1. The molecule has 0 bridgehead atoms. The molecule has 0 spiro atoms. The molecule has 1 fully saturated rings. The lowest BCUT2D eigenvalue weighted by atomic mass is 9.98. The van der Waals surface area contributed by atoms with Gasteiger partial charge in [-0.15, -0.1) is 0 Å². The molecule has 2 unspecified atom stereocenters. The summed E-state index contributed by atoms with van der Waals surface area (Å²) in [5, 5.41) is 8.73. The minimum absolute atomic E-state index is 0.303. The maximum Gasteiger partial charge on any atom is 0.161 e. The predicted molar refractivity (Wildman–Crippen MR) is 40.4 cm³/mol. The zero-order valence-corrected chi connectivity index (χ0v) is 7.10. The van der Waals surface area contributed by atoms with Crippen LogP contribution in [-0.4, -0.2) is 31.3 Å². The van der Waals surface area contributed by atoms with E-state index in [1.165, 1.54) is 7.11 Å². The van der Waals surface area contributed by atoms with Crippen LogP contribution >= 0.6 is 11.6 Å². The van der Waals surface area contributed by atoms with E-state index in [4.69, 9.17) is 26.3 Å². The summed E-state index contributed by atoms with van der Waals surface area (Å²) in [5.41, 5.74) is 0.